The lowest BCUT2D eigenvalue weighted by atomic mass is 10.1. The molecule has 7 rings (SSSR count). The Balaban J connectivity index is 0.000000237. The summed E-state index contributed by atoms with van der Waals surface area (Å²) in [4.78, 5) is 34.0. The molecular weight excluding hydrogens is 893 g/mol. The topological polar surface area (TPSA) is 111 Å². The lowest BCUT2D eigenvalue weighted by Crippen LogP contribution is -2.37. The van der Waals surface area contributed by atoms with Gasteiger partial charge in [0.05, 0.1) is 42.7 Å². The van der Waals surface area contributed by atoms with Crippen LogP contribution in [0.25, 0.3) is 12.2 Å². The van der Waals surface area contributed by atoms with Gasteiger partial charge in [0.2, 0.25) is 11.5 Å². The third-order valence-corrected chi connectivity index (χ3v) is 13.1. The van der Waals surface area contributed by atoms with Gasteiger partial charge >= 0.3 is 0 Å². The zero-order valence-electron chi connectivity index (χ0n) is 43.1. The molecule has 0 radical (unpaired) electrons. The number of benzene rings is 5. The lowest BCUT2D eigenvalue weighted by Gasteiger charge is -2.29. The maximum absolute atomic E-state index is 14.0. The molecule has 5 aromatic carbocycles. The fraction of sp³-hybridized carbons (Fsp3) is 0.390. The van der Waals surface area contributed by atoms with Crippen molar-refractivity contribution in [2.75, 3.05) is 81.9 Å². The highest BCUT2D eigenvalue weighted by molar-refractivity contribution is 5.96. The van der Waals surface area contributed by atoms with Crippen LogP contribution in [0.2, 0.25) is 0 Å². The van der Waals surface area contributed by atoms with Gasteiger partial charge in [0.1, 0.15) is 0 Å². The summed E-state index contributed by atoms with van der Waals surface area (Å²) in [5.74, 6) is 2.75. The molecule has 0 aliphatic carbocycles. The highest BCUT2D eigenvalue weighted by Gasteiger charge is 2.28. The molecule has 2 heterocycles. The normalized spacial score (nSPS) is 15.8. The van der Waals surface area contributed by atoms with E-state index < -0.39 is 0 Å². The first kappa shape index (κ1) is 53.6. The highest BCUT2D eigenvalue weighted by atomic mass is 16.5. The van der Waals surface area contributed by atoms with E-state index in [1.165, 1.54) is 18.4 Å². The van der Waals surface area contributed by atoms with Crippen molar-refractivity contribution >= 4 is 24.0 Å². The molecule has 2 aliphatic heterocycles. The largest absolute Gasteiger partial charge is 0.493 e. The van der Waals surface area contributed by atoms with Crippen LogP contribution in [-0.2, 0) is 6.54 Å². The first-order valence-electron chi connectivity index (χ1n) is 24.7. The van der Waals surface area contributed by atoms with Gasteiger partial charge in [-0.1, -0.05) is 114 Å². The van der Waals surface area contributed by atoms with E-state index in [9.17, 15) is 9.59 Å². The predicted molar refractivity (Wildman–Crippen MR) is 284 cm³/mol. The number of carbonyl (C=O) groups is 2. The second-order valence-electron chi connectivity index (χ2n) is 18.2. The second kappa shape index (κ2) is 27.6. The molecule has 0 saturated carbocycles. The molecule has 2 atom stereocenters. The monoisotopic (exact) mass is 967 g/mol. The number of methoxy groups -OCH3 is 6. The SMILES string of the molecule is COc1cc(C(=O)N(CCC2CCCN2)C/C(C)=C/c2ccccc2)cc(OC)c1OC.COc1cc(C(=O)N(CCC2CCCN2Cc2ccccc2)C/C(C)=C/c2ccccc2)cc(OC)c1OC. The van der Waals surface area contributed by atoms with E-state index in [0.717, 1.165) is 67.6 Å². The van der Waals surface area contributed by atoms with Crippen molar-refractivity contribution in [1.29, 1.82) is 0 Å². The van der Waals surface area contributed by atoms with Crippen LogP contribution in [0, 0.1) is 0 Å². The van der Waals surface area contributed by atoms with Crippen molar-refractivity contribution in [3.63, 3.8) is 0 Å². The van der Waals surface area contributed by atoms with Crippen molar-refractivity contribution in [3.8, 4) is 34.5 Å². The molecule has 12 heteroatoms. The van der Waals surface area contributed by atoms with E-state index in [4.69, 9.17) is 28.4 Å². The molecule has 378 valence electrons. The molecule has 0 aromatic heterocycles. The molecule has 0 bridgehead atoms. The van der Waals surface area contributed by atoms with Crippen molar-refractivity contribution in [2.24, 2.45) is 0 Å². The number of likely N-dealkylation sites (tertiary alicyclic amines) is 1. The summed E-state index contributed by atoms with van der Waals surface area (Å²) in [6, 6.07) is 38.9. The predicted octanol–water partition coefficient (Wildman–Crippen LogP) is 10.7. The van der Waals surface area contributed by atoms with Crippen molar-refractivity contribution in [1.82, 2.24) is 20.0 Å². The van der Waals surface area contributed by atoms with Crippen LogP contribution in [0.4, 0.5) is 0 Å². The van der Waals surface area contributed by atoms with E-state index in [-0.39, 0.29) is 11.8 Å². The summed E-state index contributed by atoms with van der Waals surface area (Å²) in [6.07, 6.45) is 10.8. The van der Waals surface area contributed by atoms with Crippen molar-refractivity contribution < 1.29 is 38.0 Å². The third kappa shape index (κ3) is 15.4. The van der Waals surface area contributed by atoms with Crippen LogP contribution in [0.1, 0.15) is 89.8 Å². The smallest absolute Gasteiger partial charge is 0.254 e. The number of hydrogen-bond acceptors (Lipinski definition) is 10. The van der Waals surface area contributed by atoms with Crippen LogP contribution < -0.4 is 33.7 Å². The maximum atomic E-state index is 14.0. The van der Waals surface area contributed by atoms with Gasteiger partial charge in [0, 0.05) is 55.9 Å². The fourth-order valence-electron chi connectivity index (χ4n) is 9.51. The van der Waals surface area contributed by atoms with Gasteiger partial charge in [-0.25, -0.2) is 0 Å². The van der Waals surface area contributed by atoms with Crippen molar-refractivity contribution in [3.05, 3.63) is 154 Å². The average Bonchev–Trinajstić information content (AvgIpc) is 4.10. The fourth-order valence-corrected chi connectivity index (χ4v) is 9.51. The van der Waals surface area contributed by atoms with Crippen LogP contribution in [-0.4, -0.2) is 121 Å². The molecule has 2 aliphatic rings. The Morgan fingerprint density at radius 1 is 0.577 bits per heavy atom. The summed E-state index contributed by atoms with van der Waals surface area (Å²) in [7, 11) is 9.37. The minimum atomic E-state index is -0.0531. The van der Waals surface area contributed by atoms with E-state index in [1.807, 2.05) is 46.2 Å². The summed E-state index contributed by atoms with van der Waals surface area (Å²) in [5.41, 5.74) is 6.86. The minimum Gasteiger partial charge on any atom is -0.493 e. The van der Waals surface area contributed by atoms with E-state index in [1.54, 1.807) is 66.9 Å². The Morgan fingerprint density at radius 2 is 1.01 bits per heavy atom. The molecule has 2 unspecified atom stereocenters. The molecule has 2 saturated heterocycles. The first-order chi connectivity index (χ1) is 34.6. The van der Waals surface area contributed by atoms with Gasteiger partial charge in [0.25, 0.3) is 11.8 Å². The van der Waals surface area contributed by atoms with Crippen LogP contribution in [0.5, 0.6) is 34.5 Å². The summed E-state index contributed by atoms with van der Waals surface area (Å²) < 4.78 is 32.8. The summed E-state index contributed by atoms with van der Waals surface area (Å²) >= 11 is 0. The molecule has 12 nitrogen and oxygen atoms in total. The first-order valence-corrected chi connectivity index (χ1v) is 24.7. The minimum absolute atomic E-state index is 0.0527. The second-order valence-corrected chi connectivity index (χ2v) is 18.2. The highest BCUT2D eigenvalue weighted by Crippen LogP contribution is 2.40. The summed E-state index contributed by atoms with van der Waals surface area (Å²) in [6.45, 7) is 9.66. The molecule has 5 aromatic rings. The van der Waals surface area contributed by atoms with Gasteiger partial charge in [-0.3, -0.25) is 14.5 Å². The van der Waals surface area contributed by atoms with Gasteiger partial charge < -0.3 is 43.5 Å². The number of nitrogens with one attached hydrogen (secondary N) is 1. The van der Waals surface area contributed by atoms with E-state index >= 15 is 0 Å². The molecule has 2 amide bonds. The van der Waals surface area contributed by atoms with Gasteiger partial charge in [-0.2, -0.15) is 0 Å². The van der Waals surface area contributed by atoms with Crippen molar-refractivity contribution in [2.45, 2.75) is 71.0 Å². The standard InChI is InChI=1S/C33H40N2O4.C26H34N2O4/c1-25(20-26-12-7-5-8-13-26)23-35(33(36)28-21-30(37-2)32(39-4)31(22-28)38-3)19-17-29-16-11-18-34(29)24-27-14-9-6-10-15-27;1-19(15-20-9-6-5-7-10-20)18-28(14-12-22-11-8-13-27-22)26(29)21-16-23(30-2)25(32-4)24(17-21)31-3/h5-10,12-15,20-22,29H,11,16-19,23-24H2,1-4H3;5-7,9-10,15-17,22,27H,8,11-14,18H2,1-4H3/b25-20+;19-15+. The average molecular weight is 967 g/mol. The molecule has 71 heavy (non-hydrogen) atoms. The number of nitrogens with zero attached hydrogens (tertiary/aromatic N) is 3. The maximum Gasteiger partial charge on any atom is 0.254 e. The van der Waals surface area contributed by atoms with Gasteiger partial charge in [-0.05, 0) is 106 Å². The number of carbonyl (C=O) groups excluding carboxylic acids is 2. The molecule has 0 spiro atoms. The quantitative estimate of drug-likeness (QED) is 0.0720. The Labute approximate surface area is 422 Å². The Morgan fingerprint density at radius 3 is 1.42 bits per heavy atom. The molecule has 2 fully saturated rings. The van der Waals surface area contributed by atoms with Crippen LogP contribution in [0.15, 0.2) is 126 Å². The Kier molecular flexibility index (Phi) is 20.8. The van der Waals surface area contributed by atoms with E-state index in [2.05, 4.69) is 90.8 Å². The lowest BCUT2D eigenvalue weighted by molar-refractivity contribution is 0.0749. The Hall–Kier alpha value is -6.76. The van der Waals surface area contributed by atoms with Crippen LogP contribution >= 0.6 is 0 Å². The Bertz CT molecular complexity index is 2460. The zero-order valence-corrected chi connectivity index (χ0v) is 43.1. The number of rotatable bonds is 22. The third-order valence-electron chi connectivity index (χ3n) is 13.1. The molecular formula is C59H74N4O8. The summed E-state index contributed by atoms with van der Waals surface area (Å²) in [5, 5.41) is 3.53. The van der Waals surface area contributed by atoms with Gasteiger partial charge in [-0.15, -0.1) is 0 Å². The zero-order chi connectivity index (χ0) is 50.5. The van der Waals surface area contributed by atoms with E-state index in [0.29, 0.717) is 83.9 Å². The number of amides is 2. The number of hydrogen-bond donors (Lipinski definition) is 1. The number of ether oxygens (including phenoxy) is 6. The van der Waals surface area contributed by atoms with Gasteiger partial charge in [0.15, 0.2) is 23.0 Å². The molecule has 1 N–H and O–H groups in total. The van der Waals surface area contributed by atoms with Crippen LogP contribution in [0.3, 0.4) is 0 Å².